The molecular weight excluding hydrogens is 649 g/mol. The molecule has 52 heavy (non-hydrogen) atoms. The van der Waals surface area contributed by atoms with Crippen molar-refractivity contribution in [2.45, 2.75) is 137 Å². The smallest absolute Gasteiger partial charge is 0.255 e. The number of carbonyl (C=O) groups is 3. The van der Waals surface area contributed by atoms with Crippen molar-refractivity contribution in [2.75, 3.05) is 33.6 Å². The fourth-order valence-electron chi connectivity index (χ4n) is 6.43. The van der Waals surface area contributed by atoms with E-state index in [-0.39, 0.29) is 36.1 Å². The van der Waals surface area contributed by atoms with Gasteiger partial charge >= 0.3 is 0 Å². The number of ketones is 1. The van der Waals surface area contributed by atoms with E-state index in [1.165, 1.54) is 0 Å². The maximum absolute atomic E-state index is 14.0. The zero-order chi connectivity index (χ0) is 38.2. The fraction of sp³-hybridized carbons (Fsp3) is 0.512. The summed E-state index contributed by atoms with van der Waals surface area (Å²) in [6.45, 7) is 17.2. The summed E-state index contributed by atoms with van der Waals surface area (Å²) in [5, 5.41) is 20.1. The molecule has 0 aliphatic rings. The first-order valence-electron chi connectivity index (χ1n) is 19.6. The van der Waals surface area contributed by atoms with Crippen LogP contribution >= 0.6 is 0 Å². The van der Waals surface area contributed by atoms with Crippen molar-refractivity contribution < 1.29 is 14.4 Å². The van der Waals surface area contributed by atoms with E-state index < -0.39 is 0 Å². The van der Waals surface area contributed by atoms with Crippen LogP contribution in [-0.2, 0) is 6.42 Å². The second kappa shape index (κ2) is 21.1. The highest BCUT2D eigenvalue weighted by atomic mass is 16.2. The molecule has 3 aromatic carbocycles. The number of carbonyl (C=O) groups excluding carboxylic acids is 3. The third-order valence-corrected chi connectivity index (χ3v) is 9.98. The van der Waals surface area contributed by atoms with Crippen LogP contribution in [0.5, 0.6) is 0 Å². The Kier molecular flexibility index (Phi) is 17.0. The van der Waals surface area contributed by atoms with Gasteiger partial charge in [0.25, 0.3) is 11.8 Å². The summed E-state index contributed by atoms with van der Waals surface area (Å²) < 4.78 is 0. The van der Waals surface area contributed by atoms with E-state index in [0.717, 1.165) is 74.1 Å². The Bertz CT molecular complexity index is 1430. The number of Topliss-reactive ketones (excluding diaryl/α,β-unsaturated/α-hetero) is 1. The molecule has 2 amide bonds. The highest BCUT2D eigenvalue weighted by Gasteiger charge is 2.18. The molecule has 0 atom stereocenters. The Balaban J connectivity index is 1.98. The Morgan fingerprint density at radius 2 is 0.788 bits per heavy atom. The lowest BCUT2D eigenvalue weighted by Crippen LogP contribution is -2.21. The van der Waals surface area contributed by atoms with Gasteiger partial charge in [-0.05, 0) is 112 Å². The predicted octanol–water partition coefficient (Wildman–Crippen LogP) is 10.1. The van der Waals surface area contributed by atoms with Crippen LogP contribution in [0.15, 0.2) is 54.6 Å². The Hall–Kier alpha value is -4.53. The first-order valence-corrected chi connectivity index (χ1v) is 19.6. The van der Waals surface area contributed by atoms with Crippen LogP contribution in [0.1, 0.15) is 143 Å². The number of nitrogens with one attached hydrogen (secondary N) is 6. The van der Waals surface area contributed by atoms with Gasteiger partial charge in [0.1, 0.15) is 0 Å². The molecule has 0 saturated carbocycles. The number of rotatable bonds is 22. The number of hydrogen-bond acceptors (Lipinski definition) is 7. The molecule has 0 spiro atoms. The minimum absolute atomic E-state index is 0.0604. The van der Waals surface area contributed by atoms with Crippen molar-refractivity contribution in [1.29, 1.82) is 0 Å². The number of hydrogen-bond donors (Lipinski definition) is 6. The molecule has 0 radical (unpaired) electrons. The molecule has 0 fully saturated rings. The largest absolute Gasteiger partial charge is 0.382 e. The summed E-state index contributed by atoms with van der Waals surface area (Å²) in [6.07, 6.45) is 7.80. The number of amides is 2. The molecule has 9 nitrogen and oxygen atoms in total. The van der Waals surface area contributed by atoms with Crippen molar-refractivity contribution >= 4 is 46.0 Å². The zero-order valence-electron chi connectivity index (χ0n) is 33.1. The minimum atomic E-state index is -0.301. The van der Waals surface area contributed by atoms with Crippen molar-refractivity contribution in [3.05, 3.63) is 76.9 Å². The molecule has 0 heterocycles. The average molecular weight is 713 g/mol. The normalized spacial score (nSPS) is 11.2. The second-order valence-corrected chi connectivity index (χ2v) is 13.8. The number of benzene rings is 3. The SMILES string of the molecule is CCC(CC)Nc1cc(NC(CC)CC)cc(C(=O)Cc2cc(NC(=O)c3cc(NC(CC)CC)cc(NC(CC)CC)c3)cc(C(=O)NC)c2)c1. The monoisotopic (exact) mass is 713 g/mol. The highest BCUT2D eigenvalue weighted by molar-refractivity contribution is 6.07. The van der Waals surface area contributed by atoms with Gasteiger partial charge < -0.3 is 31.9 Å². The molecule has 0 aromatic heterocycles. The summed E-state index contributed by atoms with van der Waals surface area (Å²) >= 11 is 0. The van der Waals surface area contributed by atoms with Gasteiger partial charge in [-0.3, -0.25) is 14.4 Å². The summed E-state index contributed by atoms with van der Waals surface area (Å²) in [7, 11) is 1.57. The molecule has 0 aliphatic carbocycles. The Labute approximate surface area is 312 Å². The van der Waals surface area contributed by atoms with E-state index in [0.29, 0.717) is 40.0 Å². The van der Waals surface area contributed by atoms with Gasteiger partial charge in [0.15, 0.2) is 5.78 Å². The van der Waals surface area contributed by atoms with E-state index in [2.05, 4.69) is 99.4 Å². The Morgan fingerprint density at radius 3 is 1.15 bits per heavy atom. The Morgan fingerprint density at radius 1 is 0.442 bits per heavy atom. The maximum atomic E-state index is 14.0. The van der Waals surface area contributed by atoms with E-state index in [9.17, 15) is 14.4 Å². The van der Waals surface area contributed by atoms with Gasteiger partial charge in [-0.1, -0.05) is 55.4 Å². The molecular formula is C43H64N6O3. The molecule has 9 heteroatoms. The van der Waals surface area contributed by atoms with E-state index in [1.807, 2.05) is 24.3 Å². The van der Waals surface area contributed by atoms with Crippen LogP contribution in [0.3, 0.4) is 0 Å². The fourth-order valence-corrected chi connectivity index (χ4v) is 6.43. The lowest BCUT2D eigenvalue weighted by molar-refractivity contribution is 0.0958. The molecule has 284 valence electrons. The van der Waals surface area contributed by atoms with Gasteiger partial charge in [0.05, 0.1) is 0 Å². The minimum Gasteiger partial charge on any atom is -0.382 e. The van der Waals surface area contributed by atoms with Gasteiger partial charge in [-0.25, -0.2) is 0 Å². The average Bonchev–Trinajstić information content (AvgIpc) is 3.16. The van der Waals surface area contributed by atoms with Gasteiger partial charge in [0.2, 0.25) is 0 Å². The standard InChI is InChI=1S/C43H64N6O3/c1-10-32(11-2)45-37-21-29(22-38(26-37)46-33(12-3)13-4)41(50)20-28-18-30(42(51)44-9)23-36(19-28)49-43(52)31-24-39(47-34(14-5)15-6)27-40(25-31)48-35(16-7)17-8/h18-19,21-27,32-35,45-48H,10-17,20H2,1-9H3,(H,44,51)(H,49,52). The van der Waals surface area contributed by atoms with Crippen molar-refractivity contribution in [3.8, 4) is 0 Å². The van der Waals surface area contributed by atoms with Crippen molar-refractivity contribution in [3.63, 3.8) is 0 Å². The summed E-state index contributed by atoms with van der Waals surface area (Å²) in [6, 6.07) is 18.0. The third kappa shape index (κ3) is 12.3. The van der Waals surface area contributed by atoms with Gasteiger partial charge in [0, 0.05) is 82.8 Å². The summed E-state index contributed by atoms with van der Waals surface area (Å²) in [4.78, 5) is 40.7. The maximum Gasteiger partial charge on any atom is 0.255 e. The van der Waals surface area contributed by atoms with Crippen LogP contribution < -0.4 is 31.9 Å². The van der Waals surface area contributed by atoms with Crippen LogP contribution in [0, 0.1) is 0 Å². The first-order chi connectivity index (χ1) is 25.0. The summed E-state index contributed by atoms with van der Waals surface area (Å²) in [5.74, 6) is -0.681. The van der Waals surface area contributed by atoms with E-state index in [4.69, 9.17) is 0 Å². The van der Waals surface area contributed by atoms with Crippen LogP contribution in [-0.4, -0.2) is 48.8 Å². The van der Waals surface area contributed by atoms with Crippen LogP contribution in [0.25, 0.3) is 0 Å². The molecule has 3 aromatic rings. The lowest BCUT2D eigenvalue weighted by Gasteiger charge is -2.21. The van der Waals surface area contributed by atoms with Crippen molar-refractivity contribution in [2.24, 2.45) is 0 Å². The lowest BCUT2D eigenvalue weighted by atomic mass is 9.98. The second-order valence-electron chi connectivity index (χ2n) is 13.8. The highest BCUT2D eigenvalue weighted by Crippen LogP contribution is 2.27. The molecule has 3 rings (SSSR count). The van der Waals surface area contributed by atoms with E-state index >= 15 is 0 Å². The van der Waals surface area contributed by atoms with Crippen LogP contribution in [0.2, 0.25) is 0 Å². The topological polar surface area (TPSA) is 123 Å². The zero-order valence-corrected chi connectivity index (χ0v) is 33.1. The molecule has 0 aliphatic heterocycles. The van der Waals surface area contributed by atoms with Gasteiger partial charge in [-0.2, -0.15) is 0 Å². The quantitative estimate of drug-likeness (QED) is 0.0573. The van der Waals surface area contributed by atoms with Crippen molar-refractivity contribution in [1.82, 2.24) is 5.32 Å². The molecule has 0 saturated heterocycles. The third-order valence-electron chi connectivity index (χ3n) is 9.98. The predicted molar refractivity (Wildman–Crippen MR) is 221 cm³/mol. The molecule has 0 unspecified atom stereocenters. The first kappa shape index (κ1) is 41.9. The van der Waals surface area contributed by atoms with E-state index in [1.54, 1.807) is 25.2 Å². The summed E-state index contributed by atoms with van der Waals surface area (Å²) in [5.41, 5.74) is 6.07. The molecule has 6 N–H and O–H groups in total. The van der Waals surface area contributed by atoms with Crippen LogP contribution in [0.4, 0.5) is 28.4 Å². The van der Waals surface area contributed by atoms with Gasteiger partial charge in [-0.15, -0.1) is 0 Å². The number of anilines is 5. The molecule has 0 bridgehead atoms.